The van der Waals surface area contributed by atoms with E-state index in [1.165, 1.54) is 34.7 Å². The zero-order valence-electron chi connectivity index (χ0n) is 19.4. The summed E-state index contributed by atoms with van der Waals surface area (Å²) in [5.74, 6) is 0.304. The van der Waals surface area contributed by atoms with E-state index in [-0.39, 0.29) is 11.7 Å². The number of carbonyl (C=O) groups excluding carboxylic acids is 1. The van der Waals surface area contributed by atoms with Crippen molar-refractivity contribution in [1.82, 2.24) is 4.90 Å². The Bertz CT molecular complexity index is 1500. The summed E-state index contributed by atoms with van der Waals surface area (Å²) in [6.45, 7) is 2.85. The molecule has 0 bridgehead atoms. The standard InChI is InChI=1S/C29H22BrFN2O2S/c1-2-33-28(34)27(36-29(33)32-24-12-10-23(31)11-13-24)17-19-8-14-26(25(30)16-19)35-18-20-7-9-21-5-3-4-6-22(21)15-20/h3-17H,2,18H2,1H3/b27-17+,32-29?. The molecule has 0 unspecified atom stereocenters. The van der Waals surface area contributed by atoms with Gasteiger partial charge in [-0.1, -0.05) is 42.5 Å². The summed E-state index contributed by atoms with van der Waals surface area (Å²) in [5.41, 5.74) is 2.56. The number of ether oxygens (including phenoxy) is 1. The van der Waals surface area contributed by atoms with Gasteiger partial charge in [0.2, 0.25) is 0 Å². The number of carbonyl (C=O) groups is 1. The van der Waals surface area contributed by atoms with E-state index in [2.05, 4.69) is 51.3 Å². The van der Waals surface area contributed by atoms with Gasteiger partial charge in [0.25, 0.3) is 5.91 Å². The Hall–Kier alpha value is -3.42. The van der Waals surface area contributed by atoms with Gasteiger partial charge in [0.15, 0.2) is 5.17 Å². The van der Waals surface area contributed by atoms with Gasteiger partial charge < -0.3 is 4.74 Å². The Morgan fingerprint density at radius 3 is 2.53 bits per heavy atom. The second-order valence-electron chi connectivity index (χ2n) is 8.19. The van der Waals surface area contributed by atoms with Crippen molar-refractivity contribution in [2.24, 2.45) is 4.99 Å². The highest BCUT2D eigenvalue weighted by atomic mass is 79.9. The SMILES string of the molecule is CCN1C(=O)/C(=C\c2ccc(OCc3ccc4ccccc4c3)c(Br)c2)SC1=Nc1ccc(F)cc1. The first-order valence-electron chi connectivity index (χ1n) is 11.5. The molecule has 180 valence electrons. The van der Waals surface area contributed by atoms with Crippen molar-refractivity contribution in [3.05, 3.63) is 111 Å². The van der Waals surface area contributed by atoms with Crippen LogP contribution in [0.1, 0.15) is 18.1 Å². The molecular formula is C29H22BrFN2O2S. The molecule has 5 rings (SSSR count). The molecule has 1 aliphatic rings. The molecule has 4 aromatic rings. The second-order valence-corrected chi connectivity index (χ2v) is 10.1. The molecule has 1 amide bonds. The van der Waals surface area contributed by atoms with E-state index in [4.69, 9.17) is 4.74 Å². The van der Waals surface area contributed by atoms with Crippen molar-refractivity contribution >= 4 is 61.3 Å². The molecular weight excluding hydrogens is 539 g/mol. The average Bonchev–Trinajstić information content (AvgIpc) is 3.18. The molecule has 0 atom stereocenters. The molecule has 4 nitrogen and oxygen atoms in total. The molecule has 1 heterocycles. The minimum absolute atomic E-state index is 0.101. The van der Waals surface area contributed by atoms with E-state index in [0.717, 1.165) is 21.3 Å². The fourth-order valence-electron chi connectivity index (χ4n) is 3.86. The number of likely N-dealkylation sites (N-methyl/N-ethyl adjacent to an activating group) is 1. The lowest BCUT2D eigenvalue weighted by atomic mass is 10.1. The van der Waals surface area contributed by atoms with E-state index in [1.807, 2.05) is 43.3 Å². The molecule has 0 radical (unpaired) electrons. The summed E-state index contributed by atoms with van der Waals surface area (Å²) >= 11 is 4.91. The molecule has 0 aliphatic carbocycles. The van der Waals surface area contributed by atoms with E-state index in [1.54, 1.807) is 17.0 Å². The lowest BCUT2D eigenvalue weighted by molar-refractivity contribution is -0.122. The van der Waals surface area contributed by atoms with Crippen LogP contribution in [0.15, 0.2) is 99.3 Å². The van der Waals surface area contributed by atoms with Crippen LogP contribution in [0, 0.1) is 5.82 Å². The zero-order chi connectivity index (χ0) is 25.1. The van der Waals surface area contributed by atoms with Crippen LogP contribution in [0.4, 0.5) is 10.1 Å². The molecule has 1 aliphatic heterocycles. The maximum absolute atomic E-state index is 13.2. The van der Waals surface area contributed by atoms with Crippen molar-refractivity contribution < 1.29 is 13.9 Å². The number of amides is 1. The third kappa shape index (κ3) is 5.37. The van der Waals surface area contributed by atoms with Crippen molar-refractivity contribution in [2.75, 3.05) is 6.54 Å². The maximum Gasteiger partial charge on any atom is 0.266 e. The topological polar surface area (TPSA) is 41.9 Å². The summed E-state index contributed by atoms with van der Waals surface area (Å²) in [6, 6.07) is 26.2. The summed E-state index contributed by atoms with van der Waals surface area (Å²) < 4.78 is 20.1. The molecule has 1 saturated heterocycles. The van der Waals surface area contributed by atoms with Crippen LogP contribution in [-0.4, -0.2) is 22.5 Å². The van der Waals surface area contributed by atoms with Gasteiger partial charge in [-0.25, -0.2) is 9.38 Å². The number of fused-ring (bicyclic) bond motifs is 1. The first kappa shape index (κ1) is 24.3. The number of aliphatic imine (C=N–C) groups is 1. The monoisotopic (exact) mass is 560 g/mol. The number of hydrogen-bond donors (Lipinski definition) is 0. The molecule has 0 spiro atoms. The lowest BCUT2D eigenvalue weighted by Crippen LogP contribution is -2.28. The van der Waals surface area contributed by atoms with Crippen LogP contribution in [0.2, 0.25) is 0 Å². The molecule has 36 heavy (non-hydrogen) atoms. The Morgan fingerprint density at radius 1 is 1.00 bits per heavy atom. The molecule has 1 fully saturated rings. The van der Waals surface area contributed by atoms with E-state index >= 15 is 0 Å². The minimum atomic E-state index is -0.322. The third-order valence-corrected chi connectivity index (χ3v) is 7.34. The summed E-state index contributed by atoms with van der Waals surface area (Å²) in [6.07, 6.45) is 1.85. The molecule has 7 heteroatoms. The quantitative estimate of drug-likeness (QED) is 0.225. The number of benzene rings is 4. The molecule has 0 saturated carbocycles. The Labute approximate surface area is 221 Å². The predicted octanol–water partition coefficient (Wildman–Crippen LogP) is 7.94. The van der Waals surface area contributed by atoms with Crippen LogP contribution in [0.25, 0.3) is 16.8 Å². The zero-order valence-corrected chi connectivity index (χ0v) is 21.9. The summed E-state index contributed by atoms with van der Waals surface area (Å²) in [7, 11) is 0. The highest BCUT2D eigenvalue weighted by Gasteiger charge is 2.32. The van der Waals surface area contributed by atoms with Gasteiger partial charge >= 0.3 is 0 Å². The van der Waals surface area contributed by atoms with Crippen LogP contribution in [-0.2, 0) is 11.4 Å². The van der Waals surface area contributed by atoms with Crippen molar-refractivity contribution in [3.63, 3.8) is 0 Å². The van der Waals surface area contributed by atoms with Gasteiger partial charge in [-0.15, -0.1) is 0 Å². The fraction of sp³-hybridized carbons (Fsp3) is 0.103. The highest BCUT2D eigenvalue weighted by molar-refractivity contribution is 9.10. The predicted molar refractivity (Wildman–Crippen MR) is 149 cm³/mol. The highest BCUT2D eigenvalue weighted by Crippen LogP contribution is 2.35. The largest absolute Gasteiger partial charge is 0.488 e. The third-order valence-electron chi connectivity index (χ3n) is 5.72. The number of thioether (sulfide) groups is 1. The molecule has 4 aromatic carbocycles. The Kier molecular flexibility index (Phi) is 7.20. The number of hydrogen-bond acceptors (Lipinski definition) is 4. The smallest absolute Gasteiger partial charge is 0.266 e. The number of rotatable bonds is 6. The molecule has 0 N–H and O–H groups in total. The van der Waals surface area contributed by atoms with Crippen LogP contribution in [0.3, 0.4) is 0 Å². The Morgan fingerprint density at radius 2 is 1.78 bits per heavy atom. The van der Waals surface area contributed by atoms with Crippen LogP contribution < -0.4 is 4.74 Å². The fourth-order valence-corrected chi connectivity index (χ4v) is 5.43. The number of nitrogens with zero attached hydrogens (tertiary/aromatic N) is 2. The van der Waals surface area contributed by atoms with Gasteiger partial charge in [-0.2, -0.15) is 0 Å². The number of amidine groups is 1. The van der Waals surface area contributed by atoms with Gasteiger partial charge in [0.1, 0.15) is 18.2 Å². The average molecular weight is 561 g/mol. The number of halogens is 2. The van der Waals surface area contributed by atoms with Gasteiger partial charge in [-0.05, 0) is 105 Å². The van der Waals surface area contributed by atoms with Gasteiger partial charge in [0.05, 0.1) is 15.1 Å². The van der Waals surface area contributed by atoms with Crippen molar-refractivity contribution in [2.45, 2.75) is 13.5 Å². The second kappa shape index (κ2) is 10.7. The van der Waals surface area contributed by atoms with E-state index < -0.39 is 0 Å². The van der Waals surface area contributed by atoms with Crippen molar-refractivity contribution in [3.8, 4) is 5.75 Å². The summed E-state index contributed by atoms with van der Waals surface area (Å²) in [5, 5.41) is 2.96. The van der Waals surface area contributed by atoms with E-state index in [0.29, 0.717) is 28.9 Å². The normalized spacial score (nSPS) is 15.9. The van der Waals surface area contributed by atoms with Crippen molar-refractivity contribution in [1.29, 1.82) is 0 Å². The van der Waals surface area contributed by atoms with Gasteiger partial charge in [0, 0.05) is 6.54 Å². The molecule has 0 aromatic heterocycles. The first-order chi connectivity index (χ1) is 17.5. The van der Waals surface area contributed by atoms with Gasteiger partial charge in [-0.3, -0.25) is 9.69 Å². The minimum Gasteiger partial charge on any atom is -0.488 e. The lowest BCUT2D eigenvalue weighted by Gasteiger charge is -2.12. The van der Waals surface area contributed by atoms with E-state index in [9.17, 15) is 9.18 Å². The van der Waals surface area contributed by atoms with Crippen LogP contribution >= 0.6 is 27.7 Å². The Balaban J connectivity index is 1.31. The maximum atomic E-state index is 13.2. The van der Waals surface area contributed by atoms with Crippen LogP contribution in [0.5, 0.6) is 5.75 Å². The summed E-state index contributed by atoms with van der Waals surface area (Å²) in [4.78, 5) is 19.7. The first-order valence-corrected chi connectivity index (χ1v) is 13.1.